The van der Waals surface area contributed by atoms with Gasteiger partial charge in [-0.1, -0.05) is 18.2 Å². The summed E-state index contributed by atoms with van der Waals surface area (Å²) in [5.41, 5.74) is -0.714. The lowest BCUT2D eigenvalue weighted by Gasteiger charge is -2.21. The van der Waals surface area contributed by atoms with E-state index >= 15 is 0 Å². The molecule has 1 aromatic heterocycles. The van der Waals surface area contributed by atoms with Crippen LogP contribution in [-0.4, -0.2) is 40.2 Å². The first kappa shape index (κ1) is 18.8. The SMILES string of the molecule is O=C(Nc1ccn([C@@H]2O[C@@H]3CO[P+](=O)O[C@H]3C2(F)F)c(=O)n1)c1ccccc1. The van der Waals surface area contributed by atoms with E-state index in [2.05, 4.69) is 19.3 Å². The van der Waals surface area contributed by atoms with Gasteiger partial charge in [0.25, 0.3) is 5.91 Å². The number of halogens is 2. The van der Waals surface area contributed by atoms with Gasteiger partial charge in [-0.3, -0.25) is 9.36 Å². The Morgan fingerprint density at radius 3 is 2.75 bits per heavy atom. The molecule has 2 aromatic rings. The van der Waals surface area contributed by atoms with Gasteiger partial charge in [0.05, 0.1) is 0 Å². The lowest BCUT2D eigenvalue weighted by molar-refractivity contribution is -0.135. The largest absolute Gasteiger partial charge is 0.698 e. The van der Waals surface area contributed by atoms with Crippen LogP contribution in [-0.2, 0) is 18.3 Å². The molecule has 12 heteroatoms. The molecule has 3 heterocycles. The van der Waals surface area contributed by atoms with Gasteiger partial charge in [0, 0.05) is 16.3 Å². The number of carbonyl (C=O) groups is 1. The van der Waals surface area contributed by atoms with E-state index in [9.17, 15) is 22.9 Å². The van der Waals surface area contributed by atoms with Gasteiger partial charge in [0.2, 0.25) is 12.3 Å². The molecule has 2 fully saturated rings. The van der Waals surface area contributed by atoms with Crippen molar-refractivity contribution < 1.29 is 31.9 Å². The maximum atomic E-state index is 14.6. The first-order valence-electron chi connectivity index (χ1n) is 8.12. The highest BCUT2D eigenvalue weighted by Gasteiger charge is 2.66. The molecule has 4 atom stereocenters. The molecule has 1 aromatic carbocycles. The molecule has 9 nitrogen and oxygen atoms in total. The summed E-state index contributed by atoms with van der Waals surface area (Å²) in [4.78, 5) is 28.0. The Labute approximate surface area is 157 Å². The quantitative estimate of drug-likeness (QED) is 0.769. The van der Waals surface area contributed by atoms with Crippen molar-refractivity contribution in [3.63, 3.8) is 0 Å². The van der Waals surface area contributed by atoms with E-state index in [4.69, 9.17) is 4.74 Å². The molecular formula is C16H13F2N3O6P+. The Morgan fingerprint density at radius 1 is 1.29 bits per heavy atom. The number of hydrogen-bond acceptors (Lipinski definition) is 7. The second-order valence-corrected chi connectivity index (χ2v) is 6.99. The number of aromatic nitrogens is 2. The zero-order valence-electron chi connectivity index (χ0n) is 14.0. The molecule has 1 unspecified atom stereocenters. The van der Waals surface area contributed by atoms with Gasteiger partial charge < -0.3 is 10.1 Å². The topological polar surface area (TPSA) is 109 Å². The van der Waals surface area contributed by atoms with Crippen molar-refractivity contribution in [1.29, 1.82) is 0 Å². The van der Waals surface area contributed by atoms with E-state index in [0.29, 0.717) is 10.1 Å². The average Bonchev–Trinajstić information content (AvgIpc) is 2.93. The molecule has 1 amide bonds. The lowest BCUT2D eigenvalue weighted by atomic mass is 10.1. The normalized spacial score (nSPS) is 27.2. The third kappa shape index (κ3) is 3.33. The maximum absolute atomic E-state index is 14.6. The van der Waals surface area contributed by atoms with Crippen LogP contribution >= 0.6 is 8.25 Å². The summed E-state index contributed by atoms with van der Waals surface area (Å²) in [6, 6.07) is 9.40. The summed E-state index contributed by atoms with van der Waals surface area (Å²) in [7, 11) is -2.68. The predicted molar refractivity (Wildman–Crippen MR) is 90.2 cm³/mol. The minimum Gasteiger partial charge on any atom is -0.342 e. The fourth-order valence-electron chi connectivity index (χ4n) is 2.93. The number of hydrogen-bond donors (Lipinski definition) is 1. The van der Waals surface area contributed by atoms with Gasteiger partial charge in [0.1, 0.15) is 18.5 Å². The third-order valence-electron chi connectivity index (χ3n) is 4.25. The number of anilines is 1. The molecule has 4 rings (SSSR count). The molecular weight excluding hydrogens is 399 g/mol. The molecule has 2 saturated heterocycles. The molecule has 0 radical (unpaired) electrons. The first-order valence-corrected chi connectivity index (χ1v) is 9.21. The Morgan fingerprint density at radius 2 is 2.04 bits per heavy atom. The molecule has 0 saturated carbocycles. The van der Waals surface area contributed by atoms with Crippen LogP contribution in [0.3, 0.4) is 0 Å². The zero-order chi connectivity index (χ0) is 19.9. The number of nitrogens with one attached hydrogen (secondary N) is 1. The van der Waals surface area contributed by atoms with Gasteiger partial charge in [-0.15, -0.1) is 9.05 Å². The standard InChI is InChI=1S/C16H12F2N3O6P/c17-16(18)12-10(8-25-28(24)27-12)26-14(16)21-7-6-11(20-15(21)23)19-13(22)9-4-2-1-3-5-9/h1-7,10,12,14H,8H2/p+1/t10-,12-,14-/m1/s1. The number of ether oxygens (including phenoxy) is 1. The molecule has 0 spiro atoms. The fraction of sp³-hybridized carbons (Fsp3) is 0.312. The predicted octanol–water partition coefficient (Wildman–Crippen LogP) is 2.10. The van der Waals surface area contributed by atoms with Crippen LogP contribution in [0.4, 0.5) is 14.6 Å². The Balaban J connectivity index is 1.56. The van der Waals surface area contributed by atoms with E-state index in [1.807, 2.05) is 0 Å². The van der Waals surface area contributed by atoms with E-state index in [-0.39, 0.29) is 12.4 Å². The first-order chi connectivity index (χ1) is 13.4. The zero-order valence-corrected chi connectivity index (χ0v) is 14.9. The van der Waals surface area contributed by atoms with Crippen LogP contribution in [0.25, 0.3) is 0 Å². The number of carbonyl (C=O) groups excluding carboxylic acids is 1. The summed E-state index contributed by atoms with van der Waals surface area (Å²) in [5.74, 6) is -4.25. The summed E-state index contributed by atoms with van der Waals surface area (Å²) >= 11 is 0. The number of fused-ring (bicyclic) bond motifs is 1. The van der Waals surface area contributed by atoms with Crippen molar-refractivity contribution in [2.75, 3.05) is 11.9 Å². The molecule has 28 heavy (non-hydrogen) atoms. The highest BCUT2D eigenvalue weighted by molar-refractivity contribution is 7.33. The van der Waals surface area contributed by atoms with E-state index in [0.717, 1.165) is 6.20 Å². The average molecular weight is 412 g/mol. The minimum absolute atomic E-state index is 0.100. The summed E-state index contributed by atoms with van der Waals surface area (Å²) in [5, 5.41) is 2.42. The Hall–Kier alpha value is -2.59. The van der Waals surface area contributed by atoms with Crippen molar-refractivity contribution in [1.82, 2.24) is 9.55 Å². The summed E-state index contributed by atoms with van der Waals surface area (Å²) < 4.78 is 55.6. The highest BCUT2D eigenvalue weighted by atomic mass is 31.1. The molecule has 2 aliphatic heterocycles. The Kier molecular flexibility index (Phi) is 4.76. The van der Waals surface area contributed by atoms with Crippen molar-refractivity contribution in [2.24, 2.45) is 0 Å². The number of alkyl halides is 2. The smallest absolute Gasteiger partial charge is 0.342 e. The number of amides is 1. The van der Waals surface area contributed by atoms with E-state index < -0.39 is 44.2 Å². The fourth-order valence-corrected chi connectivity index (χ4v) is 3.72. The van der Waals surface area contributed by atoms with Gasteiger partial charge >= 0.3 is 19.9 Å². The van der Waals surface area contributed by atoms with Crippen LogP contribution in [0.5, 0.6) is 0 Å². The number of nitrogens with zero attached hydrogens (tertiary/aromatic N) is 2. The van der Waals surface area contributed by atoms with Gasteiger partial charge in [-0.2, -0.15) is 13.8 Å². The van der Waals surface area contributed by atoms with Gasteiger partial charge in [0.15, 0.2) is 0 Å². The molecule has 2 aliphatic rings. The summed E-state index contributed by atoms with van der Waals surface area (Å²) in [6.07, 6.45) is -3.96. The van der Waals surface area contributed by atoms with Crippen LogP contribution in [0.1, 0.15) is 16.6 Å². The number of rotatable bonds is 3. The Bertz CT molecular complexity index is 986. The van der Waals surface area contributed by atoms with Crippen molar-refractivity contribution in [2.45, 2.75) is 24.4 Å². The number of benzene rings is 1. The lowest BCUT2D eigenvalue weighted by Crippen LogP contribution is -2.44. The van der Waals surface area contributed by atoms with E-state index in [1.165, 1.54) is 6.07 Å². The highest BCUT2D eigenvalue weighted by Crippen LogP contribution is 2.50. The van der Waals surface area contributed by atoms with Crippen LogP contribution in [0.2, 0.25) is 0 Å². The van der Waals surface area contributed by atoms with Crippen molar-refractivity contribution in [3.05, 3.63) is 58.6 Å². The summed E-state index contributed by atoms with van der Waals surface area (Å²) in [6.45, 7) is -0.348. The molecule has 0 bridgehead atoms. The van der Waals surface area contributed by atoms with Crippen LogP contribution in [0, 0.1) is 0 Å². The molecule has 0 aliphatic carbocycles. The van der Waals surface area contributed by atoms with Crippen LogP contribution in [0.15, 0.2) is 47.4 Å². The van der Waals surface area contributed by atoms with Crippen molar-refractivity contribution in [3.8, 4) is 0 Å². The minimum atomic E-state index is -3.64. The van der Waals surface area contributed by atoms with Crippen LogP contribution < -0.4 is 11.0 Å². The second-order valence-electron chi connectivity index (χ2n) is 6.07. The van der Waals surface area contributed by atoms with E-state index in [1.54, 1.807) is 30.3 Å². The molecule has 146 valence electrons. The second kappa shape index (κ2) is 7.10. The monoisotopic (exact) mass is 412 g/mol. The van der Waals surface area contributed by atoms with Crippen molar-refractivity contribution >= 4 is 20.0 Å². The van der Waals surface area contributed by atoms with Gasteiger partial charge in [-0.05, 0) is 18.2 Å². The third-order valence-corrected chi connectivity index (χ3v) is 5.01. The van der Waals surface area contributed by atoms with Gasteiger partial charge in [-0.25, -0.2) is 4.79 Å². The maximum Gasteiger partial charge on any atom is 0.698 e. The molecule has 1 N–H and O–H groups in total.